The fraction of sp³-hybridized carbons (Fsp3) is 0.448. The largest absolute Gasteiger partial charge is 0.474 e. The summed E-state index contributed by atoms with van der Waals surface area (Å²) in [4.78, 5) is 35.5. The van der Waals surface area contributed by atoms with E-state index in [0.717, 1.165) is 0 Å². The van der Waals surface area contributed by atoms with Crippen LogP contribution in [-0.2, 0) is 19.3 Å². The number of hydrogen-bond donors (Lipinski definition) is 1. The summed E-state index contributed by atoms with van der Waals surface area (Å²) in [6.07, 6.45) is 2.85. The standard InChI is InChI=1S/C29H33FN4O7S/c1-15-21-13-31-23(33-27(35)40-18-11-19(12-18)42(6,37)38)10-17(21)9-20(24(15)30)22-14-32-26-25(16(22)2)34(7-8-39-26)28(36)41-29(3,4)5/h9-10,13-14,18-19H,7-8,11-12H2,1-6H3,(H,31,33,35)/t18-,19+. The average molecular weight is 601 g/mol. The number of carbonyl (C=O) groups is 2. The molecule has 0 unspecified atom stereocenters. The quantitative estimate of drug-likeness (QED) is 0.422. The van der Waals surface area contributed by atoms with Gasteiger partial charge in [-0.15, -0.1) is 0 Å². The molecule has 13 heteroatoms. The topological polar surface area (TPSA) is 137 Å². The Morgan fingerprint density at radius 2 is 1.81 bits per heavy atom. The number of carbonyl (C=O) groups excluding carboxylic acids is 2. The Labute approximate surface area is 243 Å². The van der Waals surface area contributed by atoms with Crippen LogP contribution in [0.3, 0.4) is 0 Å². The molecule has 1 aromatic carbocycles. The Morgan fingerprint density at radius 3 is 2.48 bits per heavy atom. The van der Waals surface area contributed by atoms with Crippen molar-refractivity contribution in [3.05, 3.63) is 41.5 Å². The molecule has 0 atom stereocenters. The number of amides is 2. The predicted octanol–water partition coefficient (Wildman–Crippen LogP) is 5.31. The Morgan fingerprint density at radius 1 is 1.10 bits per heavy atom. The van der Waals surface area contributed by atoms with Gasteiger partial charge < -0.3 is 14.2 Å². The number of aryl methyl sites for hydroxylation is 1. The zero-order valence-electron chi connectivity index (χ0n) is 24.3. The molecule has 1 aliphatic heterocycles. The van der Waals surface area contributed by atoms with E-state index in [1.807, 2.05) is 0 Å². The molecule has 3 aromatic rings. The van der Waals surface area contributed by atoms with E-state index in [2.05, 4.69) is 15.3 Å². The summed E-state index contributed by atoms with van der Waals surface area (Å²) in [5.41, 5.74) is 1.36. The van der Waals surface area contributed by atoms with Crippen molar-refractivity contribution < 1.29 is 36.6 Å². The third-order valence-electron chi connectivity index (χ3n) is 7.37. The maximum atomic E-state index is 15.8. The molecule has 224 valence electrons. The minimum atomic E-state index is -3.17. The first kappa shape index (κ1) is 29.5. The molecule has 2 aliphatic rings. The second-order valence-corrected chi connectivity index (χ2v) is 14.0. The molecule has 1 fully saturated rings. The van der Waals surface area contributed by atoms with Crippen LogP contribution >= 0.6 is 0 Å². The molecule has 42 heavy (non-hydrogen) atoms. The van der Waals surface area contributed by atoms with Crippen molar-refractivity contribution >= 4 is 44.3 Å². The number of pyridine rings is 2. The van der Waals surface area contributed by atoms with Gasteiger partial charge in [0.25, 0.3) is 0 Å². The van der Waals surface area contributed by atoms with Crippen LogP contribution in [0, 0.1) is 19.7 Å². The van der Waals surface area contributed by atoms with Crippen LogP contribution in [0.5, 0.6) is 5.88 Å². The van der Waals surface area contributed by atoms with Gasteiger partial charge in [-0.2, -0.15) is 0 Å². The molecule has 1 N–H and O–H groups in total. The monoisotopic (exact) mass is 600 g/mol. The summed E-state index contributed by atoms with van der Waals surface area (Å²) in [7, 11) is -3.17. The van der Waals surface area contributed by atoms with Gasteiger partial charge in [0.05, 0.1) is 11.8 Å². The second kappa shape index (κ2) is 10.7. The summed E-state index contributed by atoms with van der Waals surface area (Å²) >= 11 is 0. The summed E-state index contributed by atoms with van der Waals surface area (Å²) in [6, 6.07) is 3.24. The summed E-state index contributed by atoms with van der Waals surface area (Å²) in [5.74, 6) is -0.0248. The number of aromatic nitrogens is 2. The second-order valence-electron chi connectivity index (χ2n) is 11.7. The zero-order valence-corrected chi connectivity index (χ0v) is 25.1. The predicted molar refractivity (Wildman–Crippen MR) is 155 cm³/mol. The van der Waals surface area contributed by atoms with E-state index >= 15 is 4.39 Å². The van der Waals surface area contributed by atoms with Crippen molar-refractivity contribution in [1.29, 1.82) is 0 Å². The highest BCUT2D eigenvalue weighted by molar-refractivity contribution is 7.91. The lowest BCUT2D eigenvalue weighted by Crippen LogP contribution is -2.42. The number of anilines is 2. The number of nitrogens with one attached hydrogen (secondary N) is 1. The molecule has 2 aromatic heterocycles. The van der Waals surface area contributed by atoms with Crippen molar-refractivity contribution in [3.8, 4) is 17.0 Å². The smallest absolute Gasteiger partial charge is 0.415 e. The Bertz CT molecular complexity index is 1700. The minimum Gasteiger partial charge on any atom is -0.474 e. The molecule has 0 radical (unpaired) electrons. The van der Waals surface area contributed by atoms with E-state index in [1.165, 1.54) is 23.5 Å². The Kier molecular flexibility index (Phi) is 7.50. The maximum Gasteiger partial charge on any atom is 0.415 e. The fourth-order valence-electron chi connectivity index (χ4n) is 5.06. The number of benzene rings is 1. The van der Waals surface area contributed by atoms with Crippen molar-refractivity contribution in [2.45, 2.75) is 64.4 Å². The van der Waals surface area contributed by atoms with Gasteiger partial charge in [0.15, 0.2) is 9.84 Å². The highest BCUT2D eigenvalue weighted by atomic mass is 32.2. The normalized spacial score (nSPS) is 18.5. The minimum absolute atomic E-state index is 0.188. The Balaban J connectivity index is 1.44. The molecule has 1 aliphatic carbocycles. The first-order valence-electron chi connectivity index (χ1n) is 13.5. The fourth-order valence-corrected chi connectivity index (χ4v) is 6.19. The third kappa shape index (κ3) is 5.83. The van der Waals surface area contributed by atoms with E-state index in [0.29, 0.717) is 33.2 Å². The molecule has 0 bridgehead atoms. The first-order valence-corrected chi connectivity index (χ1v) is 15.5. The average Bonchev–Trinajstić information content (AvgIpc) is 2.86. The van der Waals surface area contributed by atoms with Crippen molar-refractivity contribution in [2.75, 3.05) is 29.6 Å². The number of halogens is 1. The van der Waals surface area contributed by atoms with Gasteiger partial charge in [0.2, 0.25) is 5.88 Å². The van der Waals surface area contributed by atoms with E-state index in [9.17, 15) is 18.0 Å². The van der Waals surface area contributed by atoms with E-state index < -0.39 is 44.8 Å². The number of nitrogens with zero attached hydrogens (tertiary/aromatic N) is 3. The molecule has 3 heterocycles. The lowest BCUT2D eigenvalue weighted by Gasteiger charge is -2.32. The highest BCUT2D eigenvalue weighted by Gasteiger charge is 2.39. The molecule has 0 saturated heterocycles. The maximum absolute atomic E-state index is 15.8. The number of fused-ring (bicyclic) bond motifs is 2. The molecule has 5 rings (SSSR count). The van der Waals surface area contributed by atoms with E-state index in [1.54, 1.807) is 46.8 Å². The molecule has 11 nitrogen and oxygen atoms in total. The van der Waals surface area contributed by atoms with Crippen LogP contribution in [-0.4, -0.2) is 66.9 Å². The SMILES string of the molecule is Cc1c(-c2cc3cc(NC(=O)O[C@H]4C[C@@H](S(C)(=O)=O)C4)ncc3c(C)c2F)cnc2c1N(C(=O)OC(C)(C)C)CCO2. The third-order valence-corrected chi connectivity index (χ3v) is 8.96. The number of hydrogen-bond acceptors (Lipinski definition) is 9. The van der Waals surface area contributed by atoms with Gasteiger partial charge in [-0.1, -0.05) is 0 Å². The van der Waals surface area contributed by atoms with Crippen LogP contribution in [0.25, 0.3) is 21.9 Å². The van der Waals surface area contributed by atoms with Gasteiger partial charge in [-0.05, 0) is 63.3 Å². The highest BCUT2D eigenvalue weighted by Crippen LogP contribution is 2.41. The Hall–Kier alpha value is -4.00. The lowest BCUT2D eigenvalue weighted by atomic mass is 9.95. The summed E-state index contributed by atoms with van der Waals surface area (Å²) in [5, 5.41) is 3.21. The van der Waals surface area contributed by atoms with Crippen LogP contribution in [0.4, 0.5) is 25.5 Å². The number of ether oxygens (including phenoxy) is 3. The van der Waals surface area contributed by atoms with Crippen LogP contribution < -0.4 is 15.0 Å². The van der Waals surface area contributed by atoms with Crippen molar-refractivity contribution in [3.63, 3.8) is 0 Å². The van der Waals surface area contributed by atoms with Crippen LogP contribution in [0.2, 0.25) is 0 Å². The molecule has 2 amide bonds. The number of rotatable bonds is 4. The van der Waals surface area contributed by atoms with Crippen LogP contribution in [0.15, 0.2) is 24.5 Å². The zero-order chi connectivity index (χ0) is 30.6. The van der Waals surface area contributed by atoms with Crippen molar-refractivity contribution in [2.24, 2.45) is 0 Å². The molecular weight excluding hydrogens is 567 g/mol. The molecule has 0 spiro atoms. The summed E-state index contributed by atoms with van der Waals surface area (Å²) in [6.45, 7) is 9.23. The van der Waals surface area contributed by atoms with Gasteiger partial charge in [0, 0.05) is 48.0 Å². The van der Waals surface area contributed by atoms with Gasteiger partial charge in [-0.3, -0.25) is 10.2 Å². The van der Waals surface area contributed by atoms with Crippen LogP contribution in [0.1, 0.15) is 44.7 Å². The molecule has 1 saturated carbocycles. The molecular formula is C29H33FN4O7S. The number of sulfone groups is 1. The van der Waals surface area contributed by atoms with Crippen molar-refractivity contribution in [1.82, 2.24) is 9.97 Å². The van der Waals surface area contributed by atoms with Gasteiger partial charge >= 0.3 is 12.2 Å². The first-order chi connectivity index (χ1) is 19.6. The van der Waals surface area contributed by atoms with Gasteiger partial charge in [-0.25, -0.2) is 32.4 Å². The van der Waals surface area contributed by atoms with E-state index in [4.69, 9.17) is 14.2 Å². The van der Waals surface area contributed by atoms with Gasteiger partial charge in [0.1, 0.15) is 35.6 Å². The lowest BCUT2D eigenvalue weighted by molar-refractivity contribution is 0.0565. The van der Waals surface area contributed by atoms with E-state index in [-0.39, 0.29) is 43.3 Å². The summed E-state index contributed by atoms with van der Waals surface area (Å²) < 4.78 is 55.6.